The van der Waals surface area contributed by atoms with Gasteiger partial charge in [-0.15, -0.1) is 11.3 Å². The third-order valence-electron chi connectivity index (χ3n) is 5.84. The molecule has 3 aromatic rings. The Labute approximate surface area is 191 Å². The molecule has 0 atom stereocenters. The number of sulfonamides is 1. The Hall–Kier alpha value is -2.49. The second-order valence-electron chi connectivity index (χ2n) is 8.00. The fraction of sp³-hybridized carbons (Fsp3) is 0.391. The summed E-state index contributed by atoms with van der Waals surface area (Å²) in [6, 6.07) is 13.0. The quantitative estimate of drug-likeness (QED) is 0.510. The standard InChI is InChI=1S/C23H26N2O5S2/c1-3-30-23(27)21-20(17-7-5-4-6-8-17)18-9-10-19(26)25(22(18)31-21)15-16-11-13-24(14-12-16)32(2,28)29/h4-10,16H,3,11-15H2,1-2H3. The molecule has 170 valence electrons. The first-order chi connectivity index (χ1) is 15.3. The van der Waals surface area contributed by atoms with Crippen molar-refractivity contribution in [3.05, 3.63) is 57.7 Å². The lowest BCUT2D eigenvalue weighted by Gasteiger charge is -2.30. The van der Waals surface area contributed by atoms with E-state index in [0.717, 1.165) is 21.3 Å². The summed E-state index contributed by atoms with van der Waals surface area (Å²) in [5.74, 6) is -0.211. The Morgan fingerprint density at radius 2 is 1.81 bits per heavy atom. The highest BCUT2D eigenvalue weighted by molar-refractivity contribution is 7.88. The van der Waals surface area contributed by atoms with Gasteiger partial charge < -0.3 is 4.74 Å². The molecule has 0 unspecified atom stereocenters. The minimum absolute atomic E-state index is 0.126. The molecule has 0 amide bonds. The third kappa shape index (κ3) is 4.51. The number of fused-ring (bicyclic) bond motifs is 1. The van der Waals surface area contributed by atoms with E-state index in [1.165, 1.54) is 21.9 Å². The lowest BCUT2D eigenvalue weighted by atomic mass is 9.98. The number of rotatable bonds is 6. The van der Waals surface area contributed by atoms with Crippen molar-refractivity contribution in [2.75, 3.05) is 26.0 Å². The van der Waals surface area contributed by atoms with Gasteiger partial charge in [0.15, 0.2) is 0 Å². The summed E-state index contributed by atoms with van der Waals surface area (Å²) in [5, 5.41) is 0.845. The van der Waals surface area contributed by atoms with E-state index >= 15 is 0 Å². The van der Waals surface area contributed by atoms with Crippen molar-refractivity contribution in [2.24, 2.45) is 5.92 Å². The van der Waals surface area contributed by atoms with E-state index in [1.807, 2.05) is 30.3 Å². The van der Waals surface area contributed by atoms with E-state index in [9.17, 15) is 18.0 Å². The maximum atomic E-state index is 12.8. The first-order valence-corrected chi connectivity index (χ1v) is 13.3. The Morgan fingerprint density at radius 3 is 2.44 bits per heavy atom. The number of pyridine rings is 1. The number of hydrogen-bond acceptors (Lipinski definition) is 6. The highest BCUT2D eigenvalue weighted by Crippen LogP contribution is 2.39. The van der Waals surface area contributed by atoms with E-state index in [-0.39, 0.29) is 18.1 Å². The third-order valence-corrected chi connectivity index (χ3v) is 8.35. The molecule has 1 aromatic carbocycles. The molecule has 1 aliphatic heterocycles. The maximum Gasteiger partial charge on any atom is 0.349 e. The molecule has 1 aliphatic rings. The van der Waals surface area contributed by atoms with Crippen LogP contribution in [-0.2, 0) is 21.3 Å². The Balaban J connectivity index is 1.75. The van der Waals surface area contributed by atoms with Crippen molar-refractivity contribution < 1.29 is 17.9 Å². The zero-order chi connectivity index (χ0) is 22.9. The number of carbonyl (C=O) groups excluding carboxylic acids is 1. The van der Waals surface area contributed by atoms with Crippen molar-refractivity contribution in [2.45, 2.75) is 26.3 Å². The fourth-order valence-electron chi connectivity index (χ4n) is 4.22. The molecule has 0 saturated carbocycles. The molecule has 32 heavy (non-hydrogen) atoms. The normalized spacial score (nSPS) is 15.8. The van der Waals surface area contributed by atoms with Gasteiger partial charge in [0.05, 0.1) is 12.9 Å². The number of nitrogens with zero attached hydrogens (tertiary/aromatic N) is 2. The zero-order valence-corrected chi connectivity index (χ0v) is 19.7. The summed E-state index contributed by atoms with van der Waals surface area (Å²) in [4.78, 5) is 26.8. The van der Waals surface area contributed by atoms with Gasteiger partial charge in [-0.25, -0.2) is 17.5 Å². The van der Waals surface area contributed by atoms with Crippen molar-refractivity contribution >= 4 is 37.5 Å². The molecule has 9 heteroatoms. The summed E-state index contributed by atoms with van der Waals surface area (Å²) in [5.41, 5.74) is 1.55. The first kappa shape index (κ1) is 22.7. The smallest absolute Gasteiger partial charge is 0.349 e. The van der Waals surface area contributed by atoms with Crippen LogP contribution in [0.3, 0.4) is 0 Å². The van der Waals surface area contributed by atoms with Crippen LogP contribution in [0.15, 0.2) is 47.3 Å². The number of piperidine rings is 1. The van der Waals surface area contributed by atoms with Crippen LogP contribution in [0, 0.1) is 5.92 Å². The van der Waals surface area contributed by atoms with Gasteiger partial charge >= 0.3 is 5.97 Å². The second kappa shape index (κ2) is 9.17. The molecule has 2 aromatic heterocycles. The highest BCUT2D eigenvalue weighted by Gasteiger charge is 2.27. The molecule has 4 rings (SSSR count). The maximum absolute atomic E-state index is 12.8. The summed E-state index contributed by atoms with van der Waals surface area (Å²) in [6.45, 7) is 3.45. The topological polar surface area (TPSA) is 85.7 Å². The molecule has 0 bridgehead atoms. The molecule has 1 saturated heterocycles. The lowest BCUT2D eigenvalue weighted by molar-refractivity contribution is 0.0533. The fourth-order valence-corrected chi connectivity index (χ4v) is 6.31. The number of hydrogen-bond donors (Lipinski definition) is 0. The van der Waals surface area contributed by atoms with Crippen LogP contribution in [0.1, 0.15) is 29.4 Å². The average molecular weight is 475 g/mol. The van der Waals surface area contributed by atoms with Gasteiger partial charge in [-0.05, 0) is 37.3 Å². The van der Waals surface area contributed by atoms with Gasteiger partial charge in [-0.1, -0.05) is 30.3 Å². The molecular weight excluding hydrogens is 448 g/mol. The van der Waals surface area contributed by atoms with Crippen LogP contribution >= 0.6 is 11.3 Å². The van der Waals surface area contributed by atoms with Crippen LogP contribution in [0.2, 0.25) is 0 Å². The Kier molecular flexibility index (Phi) is 6.50. The number of esters is 1. The van der Waals surface area contributed by atoms with Crippen molar-refractivity contribution in [3.63, 3.8) is 0 Å². The monoisotopic (exact) mass is 474 g/mol. The number of thiophene rings is 1. The molecule has 0 aliphatic carbocycles. The SMILES string of the molecule is CCOC(=O)c1sc2c(ccc(=O)n2CC2CCN(S(C)(=O)=O)CC2)c1-c1ccccc1. The highest BCUT2D eigenvalue weighted by atomic mass is 32.2. The van der Waals surface area contributed by atoms with Gasteiger partial charge in [0.25, 0.3) is 5.56 Å². The average Bonchev–Trinajstić information content (AvgIpc) is 3.16. The zero-order valence-electron chi connectivity index (χ0n) is 18.1. The van der Waals surface area contributed by atoms with Crippen LogP contribution in [0.4, 0.5) is 0 Å². The van der Waals surface area contributed by atoms with Gasteiger partial charge in [0.2, 0.25) is 10.0 Å². The number of benzene rings is 1. The molecule has 0 spiro atoms. The van der Waals surface area contributed by atoms with Gasteiger partial charge in [0, 0.05) is 36.7 Å². The number of carbonyl (C=O) groups is 1. The Bertz CT molecular complexity index is 1290. The van der Waals surface area contributed by atoms with E-state index in [4.69, 9.17) is 4.74 Å². The molecule has 3 heterocycles. The number of ether oxygens (including phenoxy) is 1. The summed E-state index contributed by atoms with van der Waals surface area (Å²) >= 11 is 1.28. The largest absolute Gasteiger partial charge is 0.462 e. The summed E-state index contributed by atoms with van der Waals surface area (Å²) in [7, 11) is -3.20. The molecule has 0 N–H and O–H groups in total. The van der Waals surface area contributed by atoms with Crippen LogP contribution in [0.5, 0.6) is 0 Å². The van der Waals surface area contributed by atoms with Crippen molar-refractivity contribution in [1.29, 1.82) is 0 Å². The summed E-state index contributed by atoms with van der Waals surface area (Å²) < 4.78 is 32.1. The van der Waals surface area contributed by atoms with Crippen LogP contribution < -0.4 is 5.56 Å². The first-order valence-electron chi connectivity index (χ1n) is 10.6. The van der Waals surface area contributed by atoms with Crippen molar-refractivity contribution in [3.8, 4) is 11.1 Å². The van der Waals surface area contributed by atoms with E-state index in [0.29, 0.717) is 37.4 Å². The minimum Gasteiger partial charge on any atom is -0.462 e. The van der Waals surface area contributed by atoms with E-state index in [2.05, 4.69) is 0 Å². The van der Waals surface area contributed by atoms with E-state index < -0.39 is 16.0 Å². The van der Waals surface area contributed by atoms with Gasteiger partial charge in [-0.2, -0.15) is 0 Å². The molecule has 7 nitrogen and oxygen atoms in total. The predicted molar refractivity (Wildman–Crippen MR) is 127 cm³/mol. The lowest BCUT2D eigenvalue weighted by Crippen LogP contribution is -2.39. The molecular formula is C23H26N2O5S2. The Morgan fingerprint density at radius 1 is 1.12 bits per heavy atom. The summed E-state index contributed by atoms with van der Waals surface area (Å²) in [6.07, 6.45) is 2.61. The van der Waals surface area contributed by atoms with Crippen molar-refractivity contribution in [1.82, 2.24) is 8.87 Å². The van der Waals surface area contributed by atoms with E-state index in [1.54, 1.807) is 23.6 Å². The van der Waals surface area contributed by atoms with Gasteiger partial charge in [-0.3, -0.25) is 9.36 Å². The second-order valence-corrected chi connectivity index (χ2v) is 11.0. The minimum atomic E-state index is -3.20. The van der Waals surface area contributed by atoms with Crippen LogP contribution in [0.25, 0.3) is 21.3 Å². The van der Waals surface area contributed by atoms with Crippen LogP contribution in [-0.4, -0.2) is 49.2 Å². The predicted octanol–water partition coefficient (Wildman–Crippen LogP) is 3.58. The molecule has 0 radical (unpaired) electrons. The molecule has 1 fully saturated rings. The number of aromatic nitrogens is 1. The van der Waals surface area contributed by atoms with Gasteiger partial charge in [0.1, 0.15) is 9.71 Å².